The van der Waals surface area contributed by atoms with E-state index in [-0.39, 0.29) is 0 Å². The second kappa shape index (κ2) is 1.45. The zero-order chi connectivity index (χ0) is 5.40. The summed E-state index contributed by atoms with van der Waals surface area (Å²) in [5.41, 5.74) is 1.19. The molecule has 0 unspecified atom stereocenters. The molecule has 0 atom stereocenters. The Bertz CT molecular complexity index is 137. The molecule has 3 heteroatoms. The smallest absolute Gasteiger partial charge is 0.220 e. The molecule has 1 radical (unpaired) electrons. The molecule has 0 saturated heterocycles. The molecule has 0 aromatic carbocycles. The number of nitrogens with one attached hydrogen (secondary N) is 1. The number of thioether (sulfide) groups is 1. The van der Waals surface area contributed by atoms with E-state index in [1.54, 1.807) is 11.8 Å². The zero-order valence-corrected chi connectivity index (χ0v) is 4.98. The Morgan fingerprint density at radius 1 is 1.50 bits per heavy atom. The molecule has 41 valence electrons. The van der Waals surface area contributed by atoms with Gasteiger partial charge in [0.1, 0.15) is 0 Å². The van der Waals surface area contributed by atoms with Crippen molar-refractivity contribution in [3.05, 3.63) is 29.5 Å². The van der Waals surface area contributed by atoms with Crippen LogP contribution in [0.2, 0.25) is 0 Å². The lowest BCUT2D eigenvalue weighted by Crippen LogP contribution is -2.14. The number of fused-ring (bicyclic) bond motifs is 1. The lowest BCUT2D eigenvalue weighted by Gasteiger charge is -2.09. The van der Waals surface area contributed by atoms with Crippen LogP contribution in [0.1, 0.15) is 0 Å². The van der Waals surface area contributed by atoms with Gasteiger partial charge in [0.25, 0.3) is 0 Å². The summed E-state index contributed by atoms with van der Waals surface area (Å²) in [7, 11) is 0. The fourth-order valence-corrected chi connectivity index (χ4v) is 1.40. The van der Waals surface area contributed by atoms with E-state index in [9.17, 15) is 0 Å². The Morgan fingerprint density at radius 2 is 2.50 bits per heavy atom. The van der Waals surface area contributed by atoms with E-state index in [2.05, 4.69) is 5.32 Å². The second-order valence-electron chi connectivity index (χ2n) is 1.58. The summed E-state index contributed by atoms with van der Waals surface area (Å²) in [5, 5.41) is 5.13. The molecule has 0 saturated carbocycles. The first-order valence-corrected chi connectivity index (χ1v) is 3.26. The lowest BCUT2D eigenvalue weighted by molar-refractivity contribution is 0.601. The quantitative estimate of drug-likeness (QED) is 0.520. The van der Waals surface area contributed by atoms with Gasteiger partial charge in [-0.3, -0.25) is 0 Å². The molecular formula is C5H5N2S. The highest BCUT2D eigenvalue weighted by Crippen LogP contribution is 2.31. The van der Waals surface area contributed by atoms with Crippen molar-refractivity contribution < 1.29 is 0 Å². The highest BCUT2D eigenvalue weighted by atomic mass is 32.2. The van der Waals surface area contributed by atoms with Gasteiger partial charge in [-0.2, -0.15) is 0 Å². The average molecular weight is 125 g/mol. The highest BCUT2D eigenvalue weighted by molar-refractivity contribution is 8.05. The summed E-state index contributed by atoms with van der Waals surface area (Å²) in [6.07, 6.45) is 5.94. The zero-order valence-electron chi connectivity index (χ0n) is 4.16. The fourth-order valence-electron chi connectivity index (χ4n) is 0.704. The van der Waals surface area contributed by atoms with Crippen LogP contribution in [0, 0.1) is 5.50 Å². The van der Waals surface area contributed by atoms with Gasteiger partial charge in [-0.1, -0.05) is 11.8 Å². The molecule has 1 N–H and O–H groups in total. The summed E-state index contributed by atoms with van der Waals surface area (Å²) < 4.78 is 0. The Morgan fingerprint density at radius 3 is 3.38 bits per heavy atom. The van der Waals surface area contributed by atoms with Gasteiger partial charge >= 0.3 is 0 Å². The maximum absolute atomic E-state index is 3.08. The van der Waals surface area contributed by atoms with Gasteiger partial charge in [0, 0.05) is 18.6 Å². The van der Waals surface area contributed by atoms with Crippen molar-refractivity contribution in [3.63, 3.8) is 0 Å². The Labute approximate surface area is 52.2 Å². The van der Waals surface area contributed by atoms with Crippen LogP contribution < -0.4 is 5.32 Å². The molecule has 8 heavy (non-hydrogen) atoms. The number of hydrogen-bond acceptors (Lipinski definition) is 3. The van der Waals surface area contributed by atoms with Gasteiger partial charge in [0.2, 0.25) is 5.50 Å². The minimum Gasteiger partial charge on any atom is -0.354 e. The van der Waals surface area contributed by atoms with Crippen LogP contribution in [0.15, 0.2) is 24.0 Å². The third-order valence-electron chi connectivity index (χ3n) is 1.08. The van der Waals surface area contributed by atoms with Gasteiger partial charge < -0.3 is 10.2 Å². The first kappa shape index (κ1) is 4.32. The fraction of sp³-hybridized carbons (Fsp3) is 0. The Balaban J connectivity index is 2.22. The topological polar surface area (TPSA) is 15.3 Å². The first-order chi connectivity index (χ1) is 3.97. The average Bonchev–Trinajstić information content (AvgIpc) is 2.15. The molecule has 2 rings (SSSR count). The van der Waals surface area contributed by atoms with Gasteiger partial charge in [-0.05, 0) is 5.41 Å². The van der Waals surface area contributed by atoms with Crippen molar-refractivity contribution in [2.75, 3.05) is 0 Å². The molecule has 0 fully saturated rings. The van der Waals surface area contributed by atoms with E-state index in [0.717, 1.165) is 0 Å². The number of nitrogens with zero attached hydrogens (tertiary/aromatic N) is 1. The molecule has 0 aliphatic carbocycles. The molecule has 0 bridgehead atoms. The molecule has 2 nitrogen and oxygen atoms in total. The van der Waals surface area contributed by atoms with E-state index >= 15 is 0 Å². The maximum atomic E-state index is 3.08. The first-order valence-electron chi connectivity index (χ1n) is 2.39. The number of hydrogen-bond donors (Lipinski definition) is 1. The summed E-state index contributed by atoms with van der Waals surface area (Å²) in [5.74, 6) is 0. The molecule has 2 heterocycles. The minimum absolute atomic E-state index is 1.19. The van der Waals surface area contributed by atoms with Crippen LogP contribution >= 0.6 is 11.8 Å². The van der Waals surface area contributed by atoms with Crippen LogP contribution in [0.25, 0.3) is 0 Å². The van der Waals surface area contributed by atoms with Gasteiger partial charge in [-0.15, -0.1) is 0 Å². The van der Waals surface area contributed by atoms with Crippen LogP contribution in [-0.4, -0.2) is 4.90 Å². The van der Waals surface area contributed by atoms with E-state index in [4.69, 9.17) is 0 Å². The van der Waals surface area contributed by atoms with Gasteiger partial charge in [0.05, 0.1) is 0 Å². The lowest BCUT2D eigenvalue weighted by atomic mass is 10.8. The third kappa shape index (κ3) is 0.448. The van der Waals surface area contributed by atoms with Crippen LogP contribution in [0.5, 0.6) is 0 Å². The minimum atomic E-state index is 1.19. The summed E-state index contributed by atoms with van der Waals surface area (Å²) in [6, 6.07) is 0. The maximum Gasteiger partial charge on any atom is 0.220 e. The molecule has 0 amide bonds. The summed E-state index contributed by atoms with van der Waals surface area (Å²) in [4.78, 5) is 2.05. The van der Waals surface area contributed by atoms with Crippen molar-refractivity contribution >= 4 is 11.8 Å². The van der Waals surface area contributed by atoms with Crippen molar-refractivity contribution in [2.45, 2.75) is 0 Å². The number of rotatable bonds is 0. The van der Waals surface area contributed by atoms with Crippen molar-refractivity contribution in [1.29, 1.82) is 0 Å². The predicted octanol–water partition coefficient (Wildman–Crippen LogP) is 1.03. The standard InChI is InChI=1S/C5H5N2S/c1-2-7-3-4-8-5(7)6-1/h1-4,6H. The van der Waals surface area contributed by atoms with E-state index in [1.165, 1.54) is 5.50 Å². The largest absolute Gasteiger partial charge is 0.354 e. The van der Waals surface area contributed by atoms with Crippen LogP contribution in [0.4, 0.5) is 0 Å². The summed E-state index contributed by atoms with van der Waals surface area (Å²) in [6.45, 7) is 0. The van der Waals surface area contributed by atoms with Gasteiger partial charge in [0.15, 0.2) is 0 Å². The van der Waals surface area contributed by atoms with Crippen molar-refractivity contribution in [1.82, 2.24) is 10.2 Å². The highest BCUT2D eigenvalue weighted by Gasteiger charge is 2.21. The molecular weight excluding hydrogens is 120 g/mol. The molecule has 2 aliphatic rings. The van der Waals surface area contributed by atoms with E-state index in [0.29, 0.717) is 0 Å². The SMILES string of the molecule is C1=CN2C=CS[C]2N1. The molecule has 2 aliphatic heterocycles. The second-order valence-corrected chi connectivity index (χ2v) is 2.47. The van der Waals surface area contributed by atoms with Crippen molar-refractivity contribution in [2.24, 2.45) is 0 Å². The normalized spacial score (nSPS) is 24.2. The van der Waals surface area contributed by atoms with E-state index < -0.39 is 0 Å². The Kier molecular flexibility index (Phi) is 0.784. The molecule has 0 aromatic heterocycles. The predicted molar refractivity (Wildman–Crippen MR) is 34.1 cm³/mol. The monoisotopic (exact) mass is 125 g/mol. The molecule has 0 spiro atoms. The van der Waals surface area contributed by atoms with Crippen LogP contribution in [0.3, 0.4) is 0 Å². The van der Waals surface area contributed by atoms with Crippen LogP contribution in [-0.2, 0) is 0 Å². The Hall–Kier alpha value is -0.570. The van der Waals surface area contributed by atoms with E-state index in [1.807, 2.05) is 28.9 Å². The van der Waals surface area contributed by atoms with Gasteiger partial charge in [-0.25, -0.2) is 0 Å². The molecule has 0 aromatic rings. The van der Waals surface area contributed by atoms with Crippen molar-refractivity contribution in [3.8, 4) is 0 Å². The summed E-state index contributed by atoms with van der Waals surface area (Å²) >= 11 is 1.70. The third-order valence-corrected chi connectivity index (χ3v) is 1.89.